The molecule has 0 spiro atoms. The second-order valence-electron chi connectivity index (χ2n) is 7.06. The largest absolute Gasteiger partial charge is 0.325 e. The molecule has 7 heteroatoms. The number of thioether (sulfide) groups is 1. The van der Waals surface area contributed by atoms with Gasteiger partial charge in [-0.25, -0.2) is 8.42 Å². The fraction of sp³-hybridized carbons (Fsp3) is 0.174. The predicted molar refractivity (Wildman–Crippen MR) is 124 cm³/mol. The van der Waals surface area contributed by atoms with Crippen LogP contribution in [0.1, 0.15) is 18.1 Å². The van der Waals surface area contributed by atoms with Gasteiger partial charge in [-0.2, -0.15) is 0 Å². The first-order chi connectivity index (χ1) is 14.2. The molecular formula is C23H24N2O3S2. The Morgan fingerprint density at radius 3 is 1.87 bits per heavy atom. The van der Waals surface area contributed by atoms with Crippen molar-refractivity contribution in [2.45, 2.75) is 35.8 Å². The van der Waals surface area contributed by atoms with Gasteiger partial charge in [0.05, 0.1) is 10.1 Å². The van der Waals surface area contributed by atoms with Crippen molar-refractivity contribution in [3.8, 4) is 0 Å². The molecule has 0 bridgehead atoms. The van der Waals surface area contributed by atoms with Crippen molar-refractivity contribution in [3.63, 3.8) is 0 Å². The van der Waals surface area contributed by atoms with Crippen LogP contribution in [-0.2, 0) is 14.8 Å². The van der Waals surface area contributed by atoms with Crippen LogP contribution in [0.15, 0.2) is 82.6 Å². The first-order valence-electron chi connectivity index (χ1n) is 9.47. The van der Waals surface area contributed by atoms with E-state index in [1.54, 1.807) is 48.5 Å². The van der Waals surface area contributed by atoms with Gasteiger partial charge in [-0.15, -0.1) is 11.8 Å². The minimum Gasteiger partial charge on any atom is -0.325 e. The van der Waals surface area contributed by atoms with Crippen molar-refractivity contribution in [1.29, 1.82) is 0 Å². The van der Waals surface area contributed by atoms with Crippen molar-refractivity contribution in [2.75, 3.05) is 10.0 Å². The number of hydrogen-bond acceptors (Lipinski definition) is 4. The number of benzene rings is 3. The van der Waals surface area contributed by atoms with E-state index >= 15 is 0 Å². The highest BCUT2D eigenvalue weighted by Gasteiger charge is 2.16. The molecule has 5 nitrogen and oxygen atoms in total. The molecule has 3 aromatic carbocycles. The third-order valence-electron chi connectivity index (χ3n) is 4.44. The number of nitrogens with one attached hydrogen (secondary N) is 2. The molecule has 1 atom stereocenters. The number of carbonyl (C=O) groups excluding carboxylic acids is 1. The number of rotatable bonds is 7. The highest BCUT2D eigenvalue weighted by molar-refractivity contribution is 8.00. The molecule has 0 heterocycles. The number of carbonyl (C=O) groups is 1. The van der Waals surface area contributed by atoms with Gasteiger partial charge in [0, 0.05) is 16.3 Å². The van der Waals surface area contributed by atoms with E-state index in [4.69, 9.17) is 0 Å². The molecule has 156 valence electrons. The Morgan fingerprint density at radius 2 is 1.30 bits per heavy atom. The Hall–Kier alpha value is -2.77. The van der Waals surface area contributed by atoms with E-state index in [9.17, 15) is 13.2 Å². The highest BCUT2D eigenvalue weighted by Crippen LogP contribution is 2.26. The number of amides is 1. The van der Waals surface area contributed by atoms with Crippen molar-refractivity contribution in [3.05, 3.63) is 83.9 Å². The van der Waals surface area contributed by atoms with Gasteiger partial charge < -0.3 is 5.32 Å². The van der Waals surface area contributed by atoms with Crippen molar-refractivity contribution in [1.82, 2.24) is 0 Å². The lowest BCUT2D eigenvalue weighted by molar-refractivity contribution is -0.115. The van der Waals surface area contributed by atoms with E-state index in [1.807, 2.05) is 45.0 Å². The molecule has 0 aliphatic rings. The molecule has 3 aromatic rings. The lowest BCUT2D eigenvalue weighted by Gasteiger charge is -2.13. The molecule has 0 saturated carbocycles. The Kier molecular flexibility index (Phi) is 6.84. The summed E-state index contributed by atoms with van der Waals surface area (Å²) in [5, 5.41) is 2.60. The zero-order valence-corrected chi connectivity index (χ0v) is 18.7. The molecule has 1 unspecified atom stereocenters. The first kappa shape index (κ1) is 21.9. The lowest BCUT2D eigenvalue weighted by atomic mass is 10.2. The van der Waals surface area contributed by atoms with Crippen LogP contribution < -0.4 is 10.0 Å². The maximum absolute atomic E-state index is 12.5. The maximum atomic E-state index is 12.5. The summed E-state index contributed by atoms with van der Waals surface area (Å²) >= 11 is 1.41. The summed E-state index contributed by atoms with van der Waals surface area (Å²) in [6.07, 6.45) is 0. The molecule has 0 aromatic heterocycles. The monoisotopic (exact) mass is 440 g/mol. The van der Waals surface area contributed by atoms with Gasteiger partial charge >= 0.3 is 0 Å². The molecule has 0 saturated heterocycles. The van der Waals surface area contributed by atoms with Crippen LogP contribution in [-0.4, -0.2) is 19.6 Å². The summed E-state index contributed by atoms with van der Waals surface area (Å²) in [5.41, 5.74) is 3.36. The predicted octanol–water partition coefficient (Wildman–Crippen LogP) is 5.22. The van der Waals surface area contributed by atoms with Gasteiger partial charge in [0.15, 0.2) is 0 Å². The Labute approximate surface area is 182 Å². The summed E-state index contributed by atoms with van der Waals surface area (Å²) in [6, 6.07) is 21.3. The summed E-state index contributed by atoms with van der Waals surface area (Å²) in [7, 11) is -3.64. The number of hydrogen-bond donors (Lipinski definition) is 2. The molecule has 30 heavy (non-hydrogen) atoms. The first-order valence-corrected chi connectivity index (χ1v) is 11.8. The molecular weight excluding hydrogens is 416 g/mol. The molecule has 2 N–H and O–H groups in total. The van der Waals surface area contributed by atoms with Gasteiger partial charge in [-0.1, -0.05) is 35.4 Å². The summed E-state index contributed by atoms with van der Waals surface area (Å²) < 4.78 is 27.6. The topological polar surface area (TPSA) is 75.3 Å². The van der Waals surface area contributed by atoms with Crippen LogP contribution >= 0.6 is 11.8 Å². The zero-order valence-electron chi connectivity index (χ0n) is 17.0. The van der Waals surface area contributed by atoms with Crippen molar-refractivity contribution >= 4 is 39.1 Å². The third kappa shape index (κ3) is 5.87. The molecule has 3 rings (SSSR count). The number of anilines is 2. The molecule has 1 amide bonds. The van der Waals surface area contributed by atoms with Gasteiger partial charge in [0.1, 0.15) is 0 Å². The lowest BCUT2D eigenvalue weighted by Crippen LogP contribution is -2.22. The Bertz CT molecular complexity index is 1110. The fourth-order valence-electron chi connectivity index (χ4n) is 2.67. The average Bonchev–Trinajstić information content (AvgIpc) is 2.71. The van der Waals surface area contributed by atoms with Gasteiger partial charge in [-0.3, -0.25) is 9.52 Å². The van der Waals surface area contributed by atoms with Crippen LogP contribution in [0.25, 0.3) is 0 Å². The van der Waals surface area contributed by atoms with E-state index in [0.717, 1.165) is 21.7 Å². The van der Waals surface area contributed by atoms with Gasteiger partial charge in [-0.05, 0) is 69.3 Å². The smallest absolute Gasteiger partial charge is 0.261 e. The minimum atomic E-state index is -3.64. The summed E-state index contributed by atoms with van der Waals surface area (Å²) in [6.45, 7) is 5.74. The minimum absolute atomic E-state index is 0.0898. The second-order valence-corrected chi connectivity index (χ2v) is 10.2. The molecule has 0 aliphatic heterocycles. The SMILES string of the molecule is Cc1ccc(NC(=O)C(C)Sc2ccc(NS(=O)(=O)c3ccc(C)cc3)cc2)cc1. The van der Waals surface area contributed by atoms with E-state index in [-0.39, 0.29) is 16.1 Å². The van der Waals surface area contributed by atoms with Crippen LogP contribution in [0.3, 0.4) is 0 Å². The number of sulfonamides is 1. The van der Waals surface area contributed by atoms with Crippen LogP contribution in [0.5, 0.6) is 0 Å². The third-order valence-corrected chi connectivity index (χ3v) is 6.95. The van der Waals surface area contributed by atoms with Crippen molar-refractivity contribution < 1.29 is 13.2 Å². The Morgan fingerprint density at radius 1 is 0.800 bits per heavy atom. The normalized spacial score (nSPS) is 12.2. The zero-order chi connectivity index (χ0) is 21.7. The van der Waals surface area contributed by atoms with E-state index in [0.29, 0.717) is 5.69 Å². The summed E-state index contributed by atoms with van der Waals surface area (Å²) in [4.78, 5) is 13.5. The van der Waals surface area contributed by atoms with E-state index < -0.39 is 10.0 Å². The number of aryl methyl sites for hydroxylation is 2. The van der Waals surface area contributed by atoms with Crippen molar-refractivity contribution in [2.24, 2.45) is 0 Å². The van der Waals surface area contributed by atoms with E-state index in [2.05, 4.69) is 10.0 Å². The molecule has 0 aliphatic carbocycles. The van der Waals surface area contributed by atoms with Crippen LogP contribution in [0, 0.1) is 13.8 Å². The standard InChI is InChI=1S/C23H24N2O3S2/c1-16-4-8-19(9-5-16)24-23(26)18(3)29-21-12-10-20(11-13-21)25-30(27,28)22-14-6-17(2)7-15-22/h4-15,18,25H,1-3H3,(H,24,26). The average molecular weight is 441 g/mol. The quantitative estimate of drug-likeness (QED) is 0.494. The van der Waals surface area contributed by atoms with Crippen LogP contribution in [0.4, 0.5) is 11.4 Å². The highest BCUT2D eigenvalue weighted by atomic mass is 32.2. The second kappa shape index (κ2) is 9.36. The van der Waals surface area contributed by atoms with Gasteiger partial charge in [0.2, 0.25) is 5.91 Å². The molecule has 0 radical (unpaired) electrons. The van der Waals surface area contributed by atoms with E-state index in [1.165, 1.54) is 11.8 Å². The fourth-order valence-corrected chi connectivity index (χ4v) is 4.60. The van der Waals surface area contributed by atoms with Crippen LogP contribution in [0.2, 0.25) is 0 Å². The molecule has 0 fully saturated rings. The maximum Gasteiger partial charge on any atom is 0.261 e. The van der Waals surface area contributed by atoms with Gasteiger partial charge in [0.25, 0.3) is 10.0 Å². The summed E-state index contributed by atoms with van der Waals surface area (Å²) in [5.74, 6) is -0.0898. The Balaban J connectivity index is 1.60.